The van der Waals surface area contributed by atoms with Crippen molar-refractivity contribution in [2.45, 2.75) is 58.4 Å². The zero-order valence-electron chi connectivity index (χ0n) is 22.7. The predicted octanol–water partition coefficient (Wildman–Crippen LogP) is 6.79. The van der Waals surface area contributed by atoms with Gasteiger partial charge in [0.1, 0.15) is 5.69 Å². The van der Waals surface area contributed by atoms with Gasteiger partial charge in [0, 0.05) is 42.6 Å². The molecule has 0 bridgehead atoms. The molecule has 0 saturated carbocycles. The maximum atomic E-state index is 13.5. The summed E-state index contributed by atoms with van der Waals surface area (Å²) in [7, 11) is 0. The summed E-state index contributed by atoms with van der Waals surface area (Å²) < 4.78 is 2.13. The van der Waals surface area contributed by atoms with Gasteiger partial charge in [-0.05, 0) is 65.6 Å². The molecule has 3 aromatic carbocycles. The van der Waals surface area contributed by atoms with E-state index in [4.69, 9.17) is 0 Å². The Labute approximate surface area is 225 Å². The second kappa shape index (κ2) is 10.9. The molecule has 0 radical (unpaired) electrons. The Kier molecular flexibility index (Phi) is 7.37. The van der Waals surface area contributed by atoms with Gasteiger partial charge in [-0.2, -0.15) is 0 Å². The van der Waals surface area contributed by atoms with Gasteiger partial charge in [-0.3, -0.25) is 9.59 Å². The van der Waals surface area contributed by atoms with Gasteiger partial charge in [0.05, 0.1) is 0 Å². The zero-order chi connectivity index (χ0) is 26.7. The molecule has 0 atom stereocenters. The van der Waals surface area contributed by atoms with Gasteiger partial charge in [-0.1, -0.05) is 75.4 Å². The van der Waals surface area contributed by atoms with Crippen molar-refractivity contribution in [3.63, 3.8) is 0 Å². The Morgan fingerprint density at radius 1 is 0.842 bits per heavy atom. The van der Waals surface area contributed by atoms with Crippen LogP contribution in [0.15, 0.2) is 78.9 Å². The first-order chi connectivity index (χ1) is 18.3. The first-order valence-electron chi connectivity index (χ1n) is 13.6. The van der Waals surface area contributed by atoms with Crippen molar-refractivity contribution in [1.82, 2.24) is 9.47 Å². The number of aromatic nitrogens is 1. The van der Waals surface area contributed by atoms with Crippen LogP contribution in [0.3, 0.4) is 0 Å². The number of anilines is 1. The first kappa shape index (κ1) is 25.8. The van der Waals surface area contributed by atoms with Crippen LogP contribution in [-0.4, -0.2) is 34.4 Å². The van der Waals surface area contributed by atoms with Crippen molar-refractivity contribution in [1.29, 1.82) is 0 Å². The molecule has 5 nitrogen and oxygen atoms in total. The van der Waals surface area contributed by atoms with Gasteiger partial charge >= 0.3 is 0 Å². The summed E-state index contributed by atoms with van der Waals surface area (Å²) in [5, 5.41) is 4.00. The highest BCUT2D eigenvalue weighted by molar-refractivity contribution is 6.00. The third kappa shape index (κ3) is 5.83. The van der Waals surface area contributed by atoms with Gasteiger partial charge < -0.3 is 14.8 Å². The van der Waals surface area contributed by atoms with E-state index in [9.17, 15) is 9.59 Å². The highest BCUT2D eigenvalue weighted by Gasteiger charge is 2.24. The molecule has 0 unspecified atom stereocenters. The maximum Gasteiger partial charge on any atom is 0.270 e. The van der Waals surface area contributed by atoms with Crippen LogP contribution in [0.4, 0.5) is 5.69 Å². The molecule has 1 aliphatic heterocycles. The number of nitrogens with zero attached hydrogens (tertiary/aromatic N) is 2. The van der Waals surface area contributed by atoms with Crippen LogP contribution in [-0.2, 0) is 23.2 Å². The van der Waals surface area contributed by atoms with Crippen molar-refractivity contribution in [2.75, 3.05) is 18.4 Å². The van der Waals surface area contributed by atoms with Gasteiger partial charge in [-0.25, -0.2) is 0 Å². The number of nitrogens with one attached hydrogen (secondary N) is 1. The summed E-state index contributed by atoms with van der Waals surface area (Å²) in [6.45, 7) is 8.88. The lowest BCUT2D eigenvalue weighted by molar-refractivity contribution is -0.116. The highest BCUT2D eigenvalue weighted by atomic mass is 16.2. The van der Waals surface area contributed by atoms with Crippen molar-refractivity contribution in [3.8, 4) is 0 Å². The number of benzene rings is 3. The second-order valence-corrected chi connectivity index (χ2v) is 11.4. The Morgan fingerprint density at radius 2 is 1.55 bits per heavy atom. The van der Waals surface area contributed by atoms with Crippen molar-refractivity contribution in [3.05, 3.63) is 101 Å². The number of aryl methyl sites for hydroxylation is 1. The van der Waals surface area contributed by atoms with Crippen LogP contribution in [0, 0.1) is 0 Å². The minimum absolute atomic E-state index is 0.0139. The fourth-order valence-electron chi connectivity index (χ4n) is 5.20. The zero-order valence-corrected chi connectivity index (χ0v) is 22.7. The number of likely N-dealkylation sites (tertiary alicyclic amines) is 1. The second-order valence-electron chi connectivity index (χ2n) is 11.4. The molecule has 2 heterocycles. The fraction of sp³-hybridized carbons (Fsp3) is 0.333. The lowest BCUT2D eigenvalue weighted by Gasteiger charge is -2.20. The van der Waals surface area contributed by atoms with Gasteiger partial charge in [0.15, 0.2) is 0 Å². The van der Waals surface area contributed by atoms with E-state index < -0.39 is 0 Å². The molecule has 1 aromatic heterocycles. The van der Waals surface area contributed by atoms with E-state index in [2.05, 4.69) is 54.9 Å². The van der Waals surface area contributed by atoms with Crippen molar-refractivity contribution >= 4 is 28.4 Å². The largest absolute Gasteiger partial charge is 0.337 e. The lowest BCUT2D eigenvalue weighted by atomic mass is 9.87. The number of fused-ring (bicyclic) bond motifs is 1. The average molecular weight is 508 g/mol. The van der Waals surface area contributed by atoms with E-state index in [0.717, 1.165) is 53.6 Å². The molecule has 1 fully saturated rings. The minimum atomic E-state index is -0.0139. The number of amides is 2. The average Bonchev–Trinajstić information content (AvgIpc) is 3.56. The van der Waals surface area contributed by atoms with Gasteiger partial charge in [-0.15, -0.1) is 0 Å². The lowest BCUT2D eigenvalue weighted by Crippen LogP contribution is -2.29. The number of carbonyl (C=O) groups excluding carboxylic acids is 2. The molecule has 38 heavy (non-hydrogen) atoms. The number of rotatable bonds is 7. The normalized spacial score (nSPS) is 13.7. The SMILES string of the molecule is CC(C)(C)c1ccc(Cn2c(C(=O)N3CCCC3)cc3cc(NC(=O)CCc4ccccc4)ccc32)cc1. The summed E-state index contributed by atoms with van der Waals surface area (Å²) in [4.78, 5) is 28.1. The van der Waals surface area contributed by atoms with E-state index in [1.54, 1.807) is 0 Å². The number of carbonyl (C=O) groups is 2. The molecule has 2 amide bonds. The summed E-state index contributed by atoms with van der Waals surface area (Å²) in [6.07, 6.45) is 3.24. The molecule has 196 valence electrons. The van der Waals surface area contributed by atoms with Gasteiger partial charge in [0.2, 0.25) is 5.91 Å². The Bertz CT molecular complexity index is 1420. The molecule has 1 saturated heterocycles. The standard InChI is InChI=1S/C33H37N3O2/c1-33(2,3)27-14-11-25(12-15-27)23-36-29-17-16-28(34-31(37)18-13-24-9-5-4-6-10-24)21-26(29)22-30(36)32(38)35-19-7-8-20-35/h4-6,9-12,14-17,21-22H,7-8,13,18-20,23H2,1-3H3,(H,34,37). The monoisotopic (exact) mass is 507 g/mol. The molecule has 1 N–H and O–H groups in total. The predicted molar refractivity (Wildman–Crippen MR) is 155 cm³/mol. The fourth-order valence-corrected chi connectivity index (χ4v) is 5.20. The van der Waals surface area contributed by atoms with Crippen molar-refractivity contribution < 1.29 is 9.59 Å². The summed E-state index contributed by atoms with van der Waals surface area (Å²) in [5.41, 5.74) is 6.14. The summed E-state index contributed by atoms with van der Waals surface area (Å²) in [6, 6.07) is 26.7. The Hall–Kier alpha value is -3.86. The smallest absolute Gasteiger partial charge is 0.270 e. The third-order valence-corrected chi connectivity index (χ3v) is 7.44. The maximum absolute atomic E-state index is 13.5. The first-order valence-corrected chi connectivity index (χ1v) is 13.6. The molecular formula is C33H37N3O2. The minimum Gasteiger partial charge on any atom is -0.337 e. The molecule has 1 aliphatic rings. The quantitative estimate of drug-likeness (QED) is 0.299. The highest BCUT2D eigenvalue weighted by Crippen LogP contribution is 2.28. The van der Waals surface area contributed by atoms with Crippen LogP contribution < -0.4 is 5.32 Å². The number of hydrogen-bond donors (Lipinski definition) is 1. The van der Waals surface area contributed by atoms with Crippen LogP contribution in [0.2, 0.25) is 0 Å². The van der Waals surface area contributed by atoms with Crippen LogP contribution in [0.25, 0.3) is 10.9 Å². The molecule has 5 heteroatoms. The van der Waals surface area contributed by atoms with Crippen LogP contribution in [0.5, 0.6) is 0 Å². The molecule has 0 spiro atoms. The van der Waals surface area contributed by atoms with Crippen molar-refractivity contribution in [2.24, 2.45) is 0 Å². The molecule has 4 aromatic rings. The number of hydrogen-bond acceptors (Lipinski definition) is 2. The third-order valence-electron chi connectivity index (χ3n) is 7.44. The topological polar surface area (TPSA) is 54.3 Å². The summed E-state index contributed by atoms with van der Waals surface area (Å²) in [5.74, 6) is 0.0680. The Morgan fingerprint density at radius 3 is 2.24 bits per heavy atom. The molecular weight excluding hydrogens is 470 g/mol. The van der Waals surface area contributed by atoms with E-state index in [1.165, 1.54) is 5.56 Å². The molecule has 0 aliphatic carbocycles. The Balaban J connectivity index is 1.40. The molecule has 5 rings (SSSR count). The van der Waals surface area contributed by atoms with E-state index in [1.807, 2.05) is 59.5 Å². The van der Waals surface area contributed by atoms with Gasteiger partial charge in [0.25, 0.3) is 5.91 Å². The van der Waals surface area contributed by atoms with Crippen LogP contribution in [0.1, 0.15) is 67.2 Å². The van der Waals surface area contributed by atoms with E-state index in [-0.39, 0.29) is 17.2 Å². The van der Waals surface area contributed by atoms with Crippen LogP contribution >= 0.6 is 0 Å². The van der Waals surface area contributed by atoms with E-state index >= 15 is 0 Å². The van der Waals surface area contributed by atoms with E-state index in [0.29, 0.717) is 25.1 Å². The summed E-state index contributed by atoms with van der Waals surface area (Å²) >= 11 is 0.